The highest BCUT2D eigenvalue weighted by Gasteiger charge is 2.83. The van der Waals surface area contributed by atoms with E-state index in [-0.39, 0.29) is 31.6 Å². The van der Waals surface area contributed by atoms with Gasteiger partial charge in [-0.2, -0.15) is 0 Å². The van der Waals surface area contributed by atoms with Gasteiger partial charge in [-0.1, -0.05) is 37.6 Å². The molecule has 3 fully saturated rings. The maximum Gasteiger partial charge on any atom is 0.347 e. The van der Waals surface area contributed by atoms with Gasteiger partial charge < -0.3 is 33.3 Å². The molecule has 12 nitrogen and oxygen atoms in total. The number of epoxide rings is 1. The number of esters is 4. The van der Waals surface area contributed by atoms with Crippen molar-refractivity contribution in [3.8, 4) is 0 Å². The zero-order chi connectivity index (χ0) is 32.7. The van der Waals surface area contributed by atoms with Crippen LogP contribution in [0.25, 0.3) is 0 Å². The third kappa shape index (κ3) is 5.71. The highest BCUT2D eigenvalue weighted by atomic mass is 16.6. The van der Waals surface area contributed by atoms with Crippen LogP contribution in [0.3, 0.4) is 0 Å². The van der Waals surface area contributed by atoms with Gasteiger partial charge in [0.15, 0.2) is 0 Å². The van der Waals surface area contributed by atoms with E-state index in [0.29, 0.717) is 25.9 Å². The molecule has 1 saturated carbocycles. The van der Waals surface area contributed by atoms with Crippen LogP contribution in [0.15, 0.2) is 36.0 Å². The Balaban J connectivity index is 1.51. The molecule has 0 radical (unpaired) electrons. The van der Waals surface area contributed by atoms with Crippen molar-refractivity contribution in [1.29, 1.82) is 0 Å². The molecule has 246 valence electrons. The van der Waals surface area contributed by atoms with Gasteiger partial charge >= 0.3 is 23.9 Å². The number of amides is 1. The van der Waals surface area contributed by atoms with Crippen LogP contribution < -0.4 is 0 Å². The number of hydrogen-bond donors (Lipinski definition) is 0. The largest absolute Gasteiger partial charge is 0.463 e. The Kier molecular flexibility index (Phi) is 9.02. The number of carbonyl (C=O) groups is 5. The first-order valence-corrected chi connectivity index (χ1v) is 15.5. The fourth-order valence-corrected chi connectivity index (χ4v) is 7.46. The maximum atomic E-state index is 13.9. The summed E-state index contributed by atoms with van der Waals surface area (Å²) in [5.74, 6) is -3.72. The summed E-state index contributed by atoms with van der Waals surface area (Å²) in [6.07, 6.45) is 6.48. The smallest absolute Gasteiger partial charge is 0.347 e. The lowest BCUT2D eigenvalue weighted by Gasteiger charge is -2.58. The lowest BCUT2D eigenvalue weighted by molar-refractivity contribution is -0.235. The van der Waals surface area contributed by atoms with Gasteiger partial charge in [-0.05, 0) is 33.1 Å². The van der Waals surface area contributed by atoms with E-state index in [1.165, 1.54) is 50.1 Å². The van der Waals surface area contributed by atoms with Crippen LogP contribution in [0.5, 0.6) is 0 Å². The van der Waals surface area contributed by atoms with E-state index in [1.54, 1.807) is 6.92 Å². The predicted octanol–water partition coefficient (Wildman–Crippen LogP) is 2.59. The predicted molar refractivity (Wildman–Crippen MR) is 157 cm³/mol. The molecule has 45 heavy (non-hydrogen) atoms. The van der Waals surface area contributed by atoms with Crippen molar-refractivity contribution in [1.82, 2.24) is 4.90 Å². The molecule has 0 aromatic rings. The molecule has 5 rings (SSSR count). The van der Waals surface area contributed by atoms with Crippen molar-refractivity contribution >= 4 is 29.8 Å². The molecule has 9 atom stereocenters. The summed E-state index contributed by atoms with van der Waals surface area (Å²) < 4.78 is 35.9. The highest BCUT2D eigenvalue weighted by Crippen LogP contribution is 2.72. The Morgan fingerprint density at radius 1 is 1.07 bits per heavy atom. The number of allylic oxidation sites excluding steroid dienone is 3. The number of nitrogens with zero attached hydrogens (tertiary/aromatic N) is 1. The second-order valence-electron chi connectivity index (χ2n) is 13.2. The zero-order valence-electron chi connectivity index (χ0n) is 26.7. The van der Waals surface area contributed by atoms with Crippen LogP contribution in [-0.4, -0.2) is 97.6 Å². The first-order chi connectivity index (χ1) is 21.3. The second kappa shape index (κ2) is 12.4. The van der Waals surface area contributed by atoms with Gasteiger partial charge in [0.1, 0.15) is 24.4 Å². The molecule has 1 unspecified atom stereocenters. The van der Waals surface area contributed by atoms with Crippen LogP contribution >= 0.6 is 0 Å². The fourth-order valence-electron chi connectivity index (χ4n) is 7.46. The molecule has 3 heterocycles. The van der Waals surface area contributed by atoms with Gasteiger partial charge in [-0.15, -0.1) is 0 Å². The molecule has 5 aliphatic rings. The molecule has 1 amide bonds. The molecule has 2 bridgehead atoms. The fraction of sp³-hybridized carbons (Fsp3) is 0.667. The van der Waals surface area contributed by atoms with Crippen LogP contribution in [0.2, 0.25) is 0 Å². The number of likely N-dealkylation sites (N-methyl/N-ethyl adjacent to an activating group) is 1. The average Bonchev–Trinajstić information content (AvgIpc) is 3.78. The summed E-state index contributed by atoms with van der Waals surface area (Å²) in [4.78, 5) is 65.3. The van der Waals surface area contributed by atoms with Gasteiger partial charge in [0.2, 0.25) is 12.0 Å². The lowest BCUT2D eigenvalue weighted by atomic mass is 9.51. The molecule has 3 aliphatic heterocycles. The van der Waals surface area contributed by atoms with Crippen LogP contribution in [0.4, 0.5) is 0 Å². The van der Waals surface area contributed by atoms with E-state index in [1.807, 2.05) is 13.8 Å². The Bertz CT molecular complexity index is 1330. The van der Waals surface area contributed by atoms with E-state index in [0.717, 1.165) is 5.57 Å². The van der Waals surface area contributed by atoms with Crippen molar-refractivity contribution in [2.24, 2.45) is 16.7 Å². The molecule has 0 aromatic carbocycles. The monoisotopic (exact) mass is 629 g/mol. The highest BCUT2D eigenvalue weighted by molar-refractivity contribution is 5.86. The minimum atomic E-state index is -1.35. The first kappa shape index (κ1) is 32.9. The third-order valence-electron chi connectivity index (χ3n) is 10.8. The van der Waals surface area contributed by atoms with E-state index in [4.69, 9.17) is 28.4 Å². The molecule has 12 heteroatoms. The Morgan fingerprint density at radius 3 is 2.42 bits per heavy atom. The summed E-state index contributed by atoms with van der Waals surface area (Å²) in [5.41, 5.74) is -1.16. The van der Waals surface area contributed by atoms with Crippen molar-refractivity contribution in [3.05, 3.63) is 36.0 Å². The SMILES string of the molecule is CC(=O)N(C)[C@@H](C)C(=O)O[C@@H]1C(=O)OC[C@]23CCC(C)=CC2O[C@@H]2C[C@@H](OC(=O)/C=C\C=C\C(=O)OCC[C@H]1C)[C@@]3(C)[C@]21CO1. The minimum Gasteiger partial charge on any atom is -0.463 e. The molecule has 0 aromatic heterocycles. The zero-order valence-corrected chi connectivity index (χ0v) is 26.7. The number of ether oxygens (including phenoxy) is 6. The maximum absolute atomic E-state index is 13.9. The quantitative estimate of drug-likeness (QED) is 0.196. The van der Waals surface area contributed by atoms with Gasteiger partial charge in [0.25, 0.3) is 0 Å². The Hall–Kier alpha value is -3.51. The summed E-state index contributed by atoms with van der Waals surface area (Å²) in [5, 5.41) is 0. The number of rotatable bonds is 3. The van der Waals surface area contributed by atoms with Gasteiger partial charge in [0, 0.05) is 43.9 Å². The Morgan fingerprint density at radius 2 is 1.76 bits per heavy atom. The van der Waals surface area contributed by atoms with Crippen molar-refractivity contribution in [2.45, 2.75) is 96.4 Å². The molecule has 2 aliphatic carbocycles. The van der Waals surface area contributed by atoms with E-state index >= 15 is 0 Å². The van der Waals surface area contributed by atoms with Crippen LogP contribution in [-0.2, 0) is 52.4 Å². The molecule has 2 spiro atoms. The minimum absolute atomic E-state index is 0.0642. The van der Waals surface area contributed by atoms with Gasteiger partial charge in [0.05, 0.1) is 30.8 Å². The molecule has 0 N–H and O–H groups in total. The van der Waals surface area contributed by atoms with Gasteiger partial charge in [-0.3, -0.25) is 4.79 Å². The van der Waals surface area contributed by atoms with Crippen LogP contribution in [0.1, 0.15) is 60.3 Å². The third-order valence-corrected chi connectivity index (χ3v) is 10.8. The van der Waals surface area contributed by atoms with Crippen molar-refractivity contribution in [3.63, 3.8) is 0 Å². The summed E-state index contributed by atoms with van der Waals surface area (Å²) >= 11 is 0. The average molecular weight is 630 g/mol. The summed E-state index contributed by atoms with van der Waals surface area (Å²) in [7, 11) is 1.47. The number of hydrogen-bond acceptors (Lipinski definition) is 11. The standard InChI is InChI=1S/C33H43NO11/c1-19-11-13-32-17-41-30(39)28(45-29(38)21(3)34(6)22(4)35)20(2)12-14-40-26(36)9-7-8-10-27(37)44-23-16-25(43-24(32)15-19)33(18-42-33)31(23,32)5/h7-10,15,20-21,23-25,28H,11-14,16-18H2,1-6H3/b9-7+,10-8-/t20-,21+,23-,24?,25-,28+,31-,32-,33+/m1/s1. The Labute approximate surface area is 263 Å². The van der Waals surface area contributed by atoms with Crippen LogP contribution in [0, 0.1) is 16.7 Å². The molecule has 2 saturated heterocycles. The summed E-state index contributed by atoms with van der Waals surface area (Å²) in [6.45, 7) is 8.87. The lowest BCUT2D eigenvalue weighted by Crippen LogP contribution is -2.67. The molecular formula is C33H43NO11. The summed E-state index contributed by atoms with van der Waals surface area (Å²) in [6, 6.07) is -0.954. The number of cyclic esters (lactones) is 2. The van der Waals surface area contributed by atoms with Gasteiger partial charge in [-0.25, -0.2) is 19.2 Å². The molecular weight excluding hydrogens is 586 g/mol. The van der Waals surface area contributed by atoms with Crippen molar-refractivity contribution < 1.29 is 52.4 Å². The van der Waals surface area contributed by atoms with E-state index in [2.05, 4.69) is 6.08 Å². The first-order valence-electron chi connectivity index (χ1n) is 15.5. The van der Waals surface area contributed by atoms with E-state index in [9.17, 15) is 24.0 Å². The topological polar surface area (TPSA) is 147 Å². The second-order valence-corrected chi connectivity index (χ2v) is 13.2. The van der Waals surface area contributed by atoms with E-state index < -0.39 is 70.6 Å². The van der Waals surface area contributed by atoms with Crippen molar-refractivity contribution in [2.75, 3.05) is 26.9 Å². The number of carbonyl (C=O) groups excluding carboxylic acids is 5. The normalized spacial score (nSPS) is 40.3.